The van der Waals surface area contributed by atoms with Crippen LogP contribution in [0.1, 0.15) is 25.3 Å². The molecule has 0 aliphatic heterocycles. The molecule has 0 fully saturated rings. The maximum Gasteiger partial charge on any atom is 0.0677 e. The van der Waals surface area contributed by atoms with Crippen LogP contribution in [-0.2, 0) is 0 Å². The van der Waals surface area contributed by atoms with Crippen molar-refractivity contribution in [2.24, 2.45) is 0 Å². The first-order valence-corrected chi connectivity index (χ1v) is 11.8. The van der Waals surface area contributed by atoms with Crippen molar-refractivity contribution >= 4 is 23.5 Å². The van der Waals surface area contributed by atoms with Crippen LogP contribution in [0.5, 0.6) is 0 Å². The summed E-state index contributed by atoms with van der Waals surface area (Å²) in [6.07, 6.45) is 0. The number of likely N-dealkylation sites (N-methyl/N-ethyl adjacent to an activating group) is 1. The molecule has 0 spiro atoms. The lowest BCUT2D eigenvalue weighted by Gasteiger charge is -2.31. The molecular formula is C25H29NS2. The normalized spacial score (nSPS) is 12.4. The van der Waals surface area contributed by atoms with E-state index in [2.05, 4.69) is 110 Å². The first-order chi connectivity index (χ1) is 13.8. The number of hydrogen-bond donors (Lipinski definition) is 0. The summed E-state index contributed by atoms with van der Waals surface area (Å²) in [7, 11) is 0. The molecule has 3 aromatic carbocycles. The predicted octanol–water partition coefficient (Wildman–Crippen LogP) is 7.02. The molecule has 1 nitrogen and oxygen atoms in total. The fourth-order valence-corrected chi connectivity index (χ4v) is 6.10. The van der Waals surface area contributed by atoms with Gasteiger partial charge in [-0.3, -0.25) is 0 Å². The molecule has 3 heteroatoms. The van der Waals surface area contributed by atoms with E-state index in [1.807, 2.05) is 23.5 Å². The van der Waals surface area contributed by atoms with Crippen molar-refractivity contribution in [3.05, 3.63) is 96.6 Å². The van der Waals surface area contributed by atoms with E-state index in [1.165, 1.54) is 15.4 Å². The van der Waals surface area contributed by atoms with Gasteiger partial charge in [-0.15, -0.1) is 23.5 Å². The van der Waals surface area contributed by atoms with Gasteiger partial charge in [-0.05, 0) is 42.9 Å². The summed E-state index contributed by atoms with van der Waals surface area (Å²) in [4.78, 5) is 5.20. The summed E-state index contributed by atoms with van der Waals surface area (Å²) in [6, 6.07) is 32.6. The van der Waals surface area contributed by atoms with Gasteiger partial charge >= 0.3 is 0 Å². The van der Waals surface area contributed by atoms with Gasteiger partial charge in [-0.25, -0.2) is 0 Å². The number of nitrogens with zero attached hydrogens (tertiary/aromatic N) is 1. The lowest BCUT2D eigenvalue weighted by molar-refractivity contribution is 0.287. The highest BCUT2D eigenvalue weighted by molar-refractivity contribution is 8.17. The molecule has 1 unspecified atom stereocenters. The Morgan fingerprint density at radius 1 is 0.643 bits per heavy atom. The summed E-state index contributed by atoms with van der Waals surface area (Å²) in [5.41, 5.74) is 1.42. The molecule has 0 heterocycles. The van der Waals surface area contributed by atoms with Gasteiger partial charge in [-0.1, -0.05) is 80.6 Å². The minimum absolute atomic E-state index is 0.396. The van der Waals surface area contributed by atoms with Gasteiger partial charge in [0.25, 0.3) is 0 Å². The second kappa shape index (κ2) is 11.4. The molecule has 3 aromatic rings. The number of rotatable bonds is 10. The van der Waals surface area contributed by atoms with Crippen molar-refractivity contribution < 1.29 is 0 Å². The highest BCUT2D eigenvalue weighted by atomic mass is 32.2. The minimum atomic E-state index is 0.396. The summed E-state index contributed by atoms with van der Waals surface area (Å²) in [6.45, 7) is 7.75. The Kier molecular flexibility index (Phi) is 8.53. The quantitative estimate of drug-likeness (QED) is 0.262. The maximum atomic E-state index is 2.54. The fourth-order valence-electron chi connectivity index (χ4n) is 3.26. The third kappa shape index (κ3) is 6.16. The summed E-state index contributed by atoms with van der Waals surface area (Å²) >= 11 is 3.97. The Morgan fingerprint density at radius 2 is 1.07 bits per heavy atom. The Balaban J connectivity index is 1.94. The van der Waals surface area contributed by atoms with Crippen LogP contribution >= 0.6 is 23.5 Å². The van der Waals surface area contributed by atoms with Gasteiger partial charge in [-0.2, -0.15) is 0 Å². The van der Waals surface area contributed by atoms with Gasteiger partial charge in [0.2, 0.25) is 0 Å². The Labute approximate surface area is 178 Å². The second-order valence-corrected chi connectivity index (χ2v) is 9.46. The molecular weight excluding hydrogens is 378 g/mol. The van der Waals surface area contributed by atoms with Crippen LogP contribution in [0.3, 0.4) is 0 Å². The third-order valence-corrected chi connectivity index (χ3v) is 7.68. The van der Waals surface area contributed by atoms with Gasteiger partial charge in [0, 0.05) is 22.3 Å². The molecule has 0 amide bonds. The van der Waals surface area contributed by atoms with Crippen LogP contribution in [-0.4, -0.2) is 29.1 Å². The van der Waals surface area contributed by atoms with Crippen molar-refractivity contribution in [2.45, 2.75) is 34.1 Å². The Bertz CT molecular complexity index is 747. The van der Waals surface area contributed by atoms with Crippen LogP contribution in [0.4, 0.5) is 0 Å². The van der Waals surface area contributed by atoms with Crippen LogP contribution in [0.25, 0.3) is 0 Å². The molecule has 1 atom stereocenters. The Morgan fingerprint density at radius 3 is 1.50 bits per heavy atom. The van der Waals surface area contributed by atoms with Crippen LogP contribution in [0.2, 0.25) is 0 Å². The van der Waals surface area contributed by atoms with E-state index >= 15 is 0 Å². The second-order valence-electron chi connectivity index (χ2n) is 6.73. The molecule has 3 rings (SSSR count). The first kappa shape index (κ1) is 21.0. The summed E-state index contributed by atoms with van der Waals surface area (Å²) in [5, 5.41) is 0. The molecule has 0 radical (unpaired) electrons. The molecule has 0 saturated carbocycles. The number of thioether (sulfide) groups is 2. The molecule has 0 aliphatic carbocycles. The number of benzene rings is 3. The third-order valence-electron chi connectivity index (χ3n) is 4.90. The number of hydrogen-bond acceptors (Lipinski definition) is 3. The smallest absolute Gasteiger partial charge is 0.0677 e. The van der Waals surface area contributed by atoms with Crippen LogP contribution < -0.4 is 0 Å². The van der Waals surface area contributed by atoms with Crippen molar-refractivity contribution in [1.29, 1.82) is 0 Å². The van der Waals surface area contributed by atoms with Crippen molar-refractivity contribution in [3.63, 3.8) is 0 Å². The molecule has 0 N–H and O–H groups in total. The lowest BCUT2D eigenvalue weighted by atomic mass is 10.00. The zero-order chi connectivity index (χ0) is 19.6. The Hall–Kier alpha value is -1.68. The topological polar surface area (TPSA) is 3.24 Å². The van der Waals surface area contributed by atoms with E-state index in [0.29, 0.717) is 10.5 Å². The minimum Gasteiger partial charge on any atom is -0.303 e. The monoisotopic (exact) mass is 407 g/mol. The van der Waals surface area contributed by atoms with Crippen molar-refractivity contribution in [3.8, 4) is 0 Å². The first-order valence-electron chi connectivity index (χ1n) is 10.0. The van der Waals surface area contributed by atoms with E-state index in [9.17, 15) is 0 Å². The van der Waals surface area contributed by atoms with Crippen molar-refractivity contribution in [1.82, 2.24) is 4.90 Å². The van der Waals surface area contributed by atoms with Gasteiger partial charge < -0.3 is 4.90 Å². The van der Waals surface area contributed by atoms with Crippen LogP contribution in [0.15, 0.2) is 101 Å². The zero-order valence-electron chi connectivity index (χ0n) is 16.7. The SMILES string of the molecule is CCN(CC)CC(c1ccccc1)C(Sc1ccccc1)Sc1ccccc1. The van der Waals surface area contributed by atoms with E-state index in [4.69, 9.17) is 0 Å². The molecule has 0 aromatic heterocycles. The zero-order valence-corrected chi connectivity index (χ0v) is 18.3. The van der Waals surface area contributed by atoms with E-state index in [-0.39, 0.29) is 0 Å². The average molecular weight is 408 g/mol. The molecule has 0 bridgehead atoms. The van der Waals surface area contributed by atoms with Gasteiger partial charge in [0.05, 0.1) is 4.58 Å². The van der Waals surface area contributed by atoms with E-state index in [0.717, 1.165) is 19.6 Å². The maximum absolute atomic E-state index is 2.54. The molecule has 146 valence electrons. The fraction of sp³-hybridized carbons (Fsp3) is 0.280. The highest BCUT2D eigenvalue weighted by Gasteiger charge is 2.27. The molecule has 0 aliphatic rings. The lowest BCUT2D eigenvalue weighted by Crippen LogP contribution is -2.31. The van der Waals surface area contributed by atoms with E-state index < -0.39 is 0 Å². The predicted molar refractivity (Wildman–Crippen MR) is 125 cm³/mol. The summed E-state index contributed by atoms with van der Waals surface area (Å²) in [5.74, 6) is 0.441. The molecule has 28 heavy (non-hydrogen) atoms. The van der Waals surface area contributed by atoms with Gasteiger partial charge in [0.1, 0.15) is 0 Å². The summed E-state index contributed by atoms with van der Waals surface area (Å²) < 4.78 is 0.396. The van der Waals surface area contributed by atoms with Crippen LogP contribution in [0, 0.1) is 0 Å². The standard InChI is InChI=1S/C25H29NS2/c1-3-26(4-2)20-24(21-14-8-5-9-15-21)25(27-22-16-10-6-11-17-22)28-23-18-12-7-13-19-23/h5-19,24-25H,3-4,20H2,1-2H3. The van der Waals surface area contributed by atoms with Gasteiger partial charge in [0.15, 0.2) is 0 Å². The largest absolute Gasteiger partial charge is 0.303 e. The highest BCUT2D eigenvalue weighted by Crippen LogP contribution is 2.44. The molecule has 0 saturated heterocycles. The average Bonchev–Trinajstić information content (AvgIpc) is 2.76. The van der Waals surface area contributed by atoms with E-state index in [1.54, 1.807) is 0 Å². The van der Waals surface area contributed by atoms with Crippen molar-refractivity contribution in [2.75, 3.05) is 19.6 Å².